The Labute approximate surface area is 263 Å². The minimum atomic E-state index is -0.625. The Morgan fingerprint density at radius 3 is 1.40 bits per heavy atom. The summed E-state index contributed by atoms with van der Waals surface area (Å²) < 4.78 is 1.71. The van der Waals surface area contributed by atoms with Gasteiger partial charge in [0, 0.05) is 26.5 Å². The molecule has 0 amide bonds. The molecule has 0 spiro atoms. The van der Waals surface area contributed by atoms with E-state index in [1.165, 1.54) is 9.59 Å². The van der Waals surface area contributed by atoms with Crippen molar-refractivity contribution in [2.24, 2.45) is 0 Å². The molecule has 0 fully saturated rings. The molecule has 0 saturated heterocycles. The quantitative estimate of drug-likeness (QED) is 0.162. The number of aliphatic hydroxyl groups excluding tert-OH is 2. The number of phenolic OH excluding ortho intramolecular Hbond substituents is 2. The molecule has 6 aromatic rings. The van der Waals surface area contributed by atoms with Crippen molar-refractivity contribution in [1.82, 2.24) is 30.0 Å². The number of rotatable bonds is 8. The van der Waals surface area contributed by atoms with Crippen LogP contribution in [-0.4, -0.2) is 62.6 Å². The standard InChI is InChI=1S/C31H28Br2N6O4/c1-16(40)7-18-9-20(30(42)28(11-18)38-34-24-5-3-22(32)14-26(24)36-38)13-21-10-19(8-17(2)41)12-29(31(21)43)39-35-25-6-4-23(33)15-27(25)37-39/h3-6,9-12,14-17,40-43H,7-8,13H2,1-2H3. The highest BCUT2D eigenvalue weighted by molar-refractivity contribution is 9.10. The van der Waals surface area contributed by atoms with Gasteiger partial charge in [-0.2, -0.15) is 0 Å². The molecule has 0 bridgehead atoms. The van der Waals surface area contributed by atoms with Gasteiger partial charge in [-0.25, -0.2) is 0 Å². The van der Waals surface area contributed by atoms with Crippen molar-refractivity contribution in [3.8, 4) is 22.9 Å². The summed E-state index contributed by atoms with van der Waals surface area (Å²) in [4.78, 5) is 2.77. The number of hydrogen-bond acceptors (Lipinski definition) is 8. The molecule has 0 saturated carbocycles. The van der Waals surface area contributed by atoms with Crippen molar-refractivity contribution in [1.29, 1.82) is 0 Å². The lowest BCUT2D eigenvalue weighted by molar-refractivity contribution is 0.195. The van der Waals surface area contributed by atoms with E-state index in [-0.39, 0.29) is 17.9 Å². The van der Waals surface area contributed by atoms with Crippen LogP contribution in [0.2, 0.25) is 0 Å². The summed E-state index contributed by atoms with van der Waals surface area (Å²) in [7, 11) is 0. The van der Waals surface area contributed by atoms with Crippen LogP contribution in [0.1, 0.15) is 36.1 Å². The van der Waals surface area contributed by atoms with Crippen LogP contribution in [0.3, 0.4) is 0 Å². The van der Waals surface area contributed by atoms with Gasteiger partial charge in [0.2, 0.25) is 0 Å². The normalized spacial score (nSPS) is 13.2. The third-order valence-corrected chi connectivity index (χ3v) is 8.00. The summed E-state index contributed by atoms with van der Waals surface area (Å²) >= 11 is 6.91. The molecule has 2 aromatic heterocycles. The SMILES string of the molecule is CC(O)Cc1cc(Cc2cc(CC(C)O)cc(-n3nc4ccc(Br)cc4n3)c2O)c(O)c(-n2nc3ccc(Br)cc3n2)c1. The fourth-order valence-corrected chi connectivity index (χ4v) is 5.87. The van der Waals surface area contributed by atoms with E-state index in [1.807, 2.05) is 48.5 Å². The molecule has 12 heteroatoms. The third-order valence-electron chi connectivity index (χ3n) is 7.02. The van der Waals surface area contributed by atoms with Crippen molar-refractivity contribution >= 4 is 53.9 Å². The monoisotopic (exact) mass is 706 g/mol. The maximum atomic E-state index is 11.5. The van der Waals surface area contributed by atoms with E-state index in [4.69, 9.17) is 0 Å². The Morgan fingerprint density at radius 2 is 1.00 bits per heavy atom. The summed E-state index contributed by atoms with van der Waals surface area (Å²) in [6.45, 7) is 3.39. The van der Waals surface area contributed by atoms with Crippen LogP contribution in [0.4, 0.5) is 0 Å². The number of fused-ring (bicyclic) bond motifs is 2. The van der Waals surface area contributed by atoms with E-state index in [1.54, 1.807) is 26.0 Å². The number of benzene rings is 4. The van der Waals surface area contributed by atoms with E-state index in [2.05, 4.69) is 52.3 Å². The van der Waals surface area contributed by atoms with E-state index in [9.17, 15) is 20.4 Å². The molecule has 2 unspecified atom stereocenters. The first-order valence-electron chi connectivity index (χ1n) is 13.7. The minimum Gasteiger partial charge on any atom is -0.505 e. The molecule has 4 N–H and O–H groups in total. The van der Waals surface area contributed by atoms with Crippen molar-refractivity contribution in [3.05, 3.63) is 91.9 Å². The van der Waals surface area contributed by atoms with Crippen LogP contribution in [0.15, 0.2) is 69.6 Å². The molecule has 4 aromatic carbocycles. The lowest BCUT2D eigenvalue weighted by atomic mass is 9.95. The Balaban J connectivity index is 1.48. The molecular formula is C31H28Br2N6O4. The van der Waals surface area contributed by atoms with Crippen LogP contribution in [0.5, 0.6) is 11.5 Å². The number of hydrogen-bond donors (Lipinski definition) is 4. The summed E-state index contributed by atoms with van der Waals surface area (Å²) in [5.41, 5.74) is 5.87. The van der Waals surface area contributed by atoms with Gasteiger partial charge in [0.1, 0.15) is 44.9 Å². The average molecular weight is 708 g/mol. The molecule has 43 heavy (non-hydrogen) atoms. The highest BCUT2D eigenvalue weighted by Crippen LogP contribution is 2.35. The summed E-state index contributed by atoms with van der Waals surface area (Å²) in [6.07, 6.45) is -0.436. The molecule has 220 valence electrons. The van der Waals surface area contributed by atoms with Gasteiger partial charge in [-0.1, -0.05) is 44.0 Å². The summed E-state index contributed by atoms with van der Waals surface area (Å²) in [6, 6.07) is 18.2. The highest BCUT2D eigenvalue weighted by Gasteiger charge is 2.20. The molecule has 10 nitrogen and oxygen atoms in total. The van der Waals surface area contributed by atoms with Gasteiger partial charge in [-0.15, -0.1) is 30.0 Å². The Hall–Kier alpha value is -3.84. The van der Waals surface area contributed by atoms with Gasteiger partial charge in [0.15, 0.2) is 0 Å². The Bertz CT molecular complexity index is 1840. The number of aromatic hydroxyl groups is 2. The van der Waals surface area contributed by atoms with Gasteiger partial charge in [0.05, 0.1) is 12.2 Å². The van der Waals surface area contributed by atoms with E-state index in [0.717, 1.165) is 20.1 Å². The highest BCUT2D eigenvalue weighted by atomic mass is 79.9. The summed E-state index contributed by atoms with van der Waals surface area (Å²) in [5, 5.41) is 61.7. The minimum absolute atomic E-state index is 0.0524. The zero-order valence-electron chi connectivity index (χ0n) is 23.3. The average Bonchev–Trinajstić information content (AvgIpc) is 3.54. The van der Waals surface area contributed by atoms with Crippen LogP contribution in [-0.2, 0) is 19.3 Å². The van der Waals surface area contributed by atoms with E-state index in [0.29, 0.717) is 57.4 Å². The van der Waals surface area contributed by atoms with E-state index >= 15 is 0 Å². The number of phenols is 2. The third kappa shape index (κ3) is 6.14. The van der Waals surface area contributed by atoms with Crippen molar-refractivity contribution in [2.45, 2.75) is 45.3 Å². The summed E-state index contributed by atoms with van der Waals surface area (Å²) in [5.74, 6) is -0.105. The molecule has 2 atom stereocenters. The van der Waals surface area contributed by atoms with Crippen LogP contribution in [0, 0.1) is 0 Å². The van der Waals surface area contributed by atoms with Gasteiger partial charge >= 0.3 is 0 Å². The molecule has 0 aliphatic rings. The van der Waals surface area contributed by atoms with Crippen molar-refractivity contribution in [3.63, 3.8) is 0 Å². The fourth-order valence-electron chi connectivity index (χ4n) is 5.17. The molecule has 0 aliphatic carbocycles. The Morgan fingerprint density at radius 1 is 0.605 bits per heavy atom. The lowest BCUT2D eigenvalue weighted by Gasteiger charge is -2.16. The maximum absolute atomic E-state index is 11.5. The topological polar surface area (TPSA) is 142 Å². The lowest BCUT2D eigenvalue weighted by Crippen LogP contribution is -2.09. The predicted octanol–water partition coefficient (Wildman–Crippen LogP) is 5.53. The number of aliphatic hydroxyl groups is 2. The number of halogens is 2. The fraction of sp³-hybridized carbons (Fsp3) is 0.226. The maximum Gasteiger partial charge on any atom is 0.146 e. The van der Waals surface area contributed by atoms with Crippen molar-refractivity contribution in [2.75, 3.05) is 0 Å². The number of nitrogens with zero attached hydrogens (tertiary/aromatic N) is 6. The van der Waals surface area contributed by atoms with Crippen LogP contribution < -0.4 is 0 Å². The molecular weight excluding hydrogens is 680 g/mol. The van der Waals surface area contributed by atoms with Crippen molar-refractivity contribution < 1.29 is 20.4 Å². The van der Waals surface area contributed by atoms with Gasteiger partial charge < -0.3 is 20.4 Å². The first kappa shape index (κ1) is 29.2. The Kier molecular flexibility index (Phi) is 7.94. The predicted molar refractivity (Wildman–Crippen MR) is 170 cm³/mol. The second-order valence-electron chi connectivity index (χ2n) is 10.8. The van der Waals surface area contributed by atoms with Gasteiger partial charge in [-0.3, -0.25) is 0 Å². The van der Waals surface area contributed by atoms with Crippen LogP contribution in [0.25, 0.3) is 33.4 Å². The first-order chi connectivity index (χ1) is 20.5. The smallest absolute Gasteiger partial charge is 0.146 e. The zero-order chi connectivity index (χ0) is 30.4. The van der Waals surface area contributed by atoms with E-state index < -0.39 is 12.2 Å². The first-order valence-corrected chi connectivity index (χ1v) is 15.2. The molecule has 0 aliphatic heterocycles. The zero-order valence-corrected chi connectivity index (χ0v) is 26.4. The molecule has 0 radical (unpaired) electrons. The van der Waals surface area contributed by atoms with Crippen LogP contribution >= 0.6 is 31.9 Å². The largest absolute Gasteiger partial charge is 0.505 e. The second-order valence-corrected chi connectivity index (χ2v) is 12.6. The van der Waals surface area contributed by atoms with Gasteiger partial charge in [0.25, 0.3) is 0 Å². The van der Waals surface area contributed by atoms with Gasteiger partial charge in [-0.05, 0) is 86.3 Å². The number of aromatic nitrogens is 6. The molecule has 6 rings (SSSR count). The molecule has 2 heterocycles. The second kappa shape index (κ2) is 11.7.